The largest absolute Gasteiger partial charge is 0.377 e. The zero-order chi connectivity index (χ0) is 13.7. The highest BCUT2D eigenvalue weighted by Crippen LogP contribution is 2.19. The van der Waals surface area contributed by atoms with Crippen LogP contribution in [-0.4, -0.2) is 19.9 Å². The maximum Gasteiger partial charge on any atom is 0.185 e. The van der Waals surface area contributed by atoms with Gasteiger partial charge in [-0.25, -0.2) is 0 Å². The van der Waals surface area contributed by atoms with Crippen molar-refractivity contribution < 1.29 is 4.79 Å². The average Bonchev–Trinajstić information content (AvgIpc) is 2.46. The molecule has 0 fully saturated rings. The maximum atomic E-state index is 12.0. The molecule has 0 heterocycles. The average molecular weight is 251 g/mol. The number of hydrogen-bond acceptors (Lipinski definition) is 2. The molecule has 0 N–H and O–H groups in total. The number of allylic oxidation sites excluding steroid dienone is 1. The Hall–Kier alpha value is -2.35. The third kappa shape index (κ3) is 3.32. The molecular weight excluding hydrogens is 234 g/mol. The van der Waals surface area contributed by atoms with Crippen LogP contribution < -0.4 is 4.90 Å². The monoisotopic (exact) mass is 251 g/mol. The molecule has 96 valence electrons. The maximum absolute atomic E-state index is 12.0. The van der Waals surface area contributed by atoms with E-state index in [1.165, 1.54) is 0 Å². The Morgan fingerprint density at radius 1 is 0.947 bits per heavy atom. The van der Waals surface area contributed by atoms with Gasteiger partial charge in [-0.1, -0.05) is 48.5 Å². The molecule has 0 radical (unpaired) electrons. The van der Waals surface area contributed by atoms with Crippen LogP contribution in [0, 0.1) is 0 Å². The van der Waals surface area contributed by atoms with Gasteiger partial charge < -0.3 is 4.90 Å². The van der Waals surface area contributed by atoms with Gasteiger partial charge in [-0.05, 0) is 23.8 Å². The molecule has 0 aliphatic carbocycles. The quantitative estimate of drug-likeness (QED) is 0.610. The molecule has 0 atom stereocenters. The first-order valence-electron chi connectivity index (χ1n) is 6.22. The topological polar surface area (TPSA) is 20.3 Å². The van der Waals surface area contributed by atoms with Gasteiger partial charge in [0.25, 0.3) is 0 Å². The van der Waals surface area contributed by atoms with Crippen molar-refractivity contribution in [3.05, 3.63) is 71.8 Å². The molecule has 0 amide bonds. The van der Waals surface area contributed by atoms with E-state index < -0.39 is 0 Å². The fraction of sp³-hybridized carbons (Fsp3) is 0.118. The van der Waals surface area contributed by atoms with Gasteiger partial charge in [0.05, 0.1) is 0 Å². The van der Waals surface area contributed by atoms with Gasteiger partial charge in [-0.2, -0.15) is 0 Å². The minimum Gasteiger partial charge on any atom is -0.377 e. The van der Waals surface area contributed by atoms with Crippen LogP contribution in [0.5, 0.6) is 0 Å². The van der Waals surface area contributed by atoms with Crippen LogP contribution in [0.4, 0.5) is 5.69 Å². The van der Waals surface area contributed by atoms with Crippen LogP contribution in [0.1, 0.15) is 15.9 Å². The summed E-state index contributed by atoms with van der Waals surface area (Å²) < 4.78 is 0. The van der Waals surface area contributed by atoms with Gasteiger partial charge >= 0.3 is 0 Å². The summed E-state index contributed by atoms with van der Waals surface area (Å²) in [6.45, 7) is 0. The fourth-order valence-electron chi connectivity index (χ4n) is 1.90. The first-order valence-corrected chi connectivity index (χ1v) is 6.22. The number of benzene rings is 2. The number of rotatable bonds is 4. The summed E-state index contributed by atoms with van der Waals surface area (Å²) in [5, 5.41) is 0. The highest BCUT2D eigenvalue weighted by molar-refractivity contribution is 6.07. The van der Waals surface area contributed by atoms with Crippen LogP contribution in [0.25, 0.3) is 6.08 Å². The second-order valence-corrected chi connectivity index (χ2v) is 4.52. The van der Waals surface area contributed by atoms with E-state index in [0.717, 1.165) is 11.3 Å². The van der Waals surface area contributed by atoms with Crippen molar-refractivity contribution in [2.75, 3.05) is 19.0 Å². The summed E-state index contributed by atoms with van der Waals surface area (Å²) in [4.78, 5) is 14.0. The summed E-state index contributed by atoms with van der Waals surface area (Å²) in [6, 6.07) is 17.3. The van der Waals surface area contributed by atoms with Gasteiger partial charge in [0.1, 0.15) is 0 Å². The second-order valence-electron chi connectivity index (χ2n) is 4.52. The first-order chi connectivity index (χ1) is 9.18. The highest BCUT2D eigenvalue weighted by Gasteiger charge is 2.02. The SMILES string of the molecule is CN(C)c1ccccc1C=CC(=O)c1ccccc1. The lowest BCUT2D eigenvalue weighted by molar-refractivity contribution is 0.104. The molecule has 0 saturated heterocycles. The second kappa shape index (κ2) is 6.01. The van der Waals surface area contributed by atoms with Gasteiger partial charge in [0.15, 0.2) is 5.78 Å². The predicted octanol–water partition coefficient (Wildman–Crippen LogP) is 3.65. The van der Waals surface area contributed by atoms with Crippen molar-refractivity contribution in [1.82, 2.24) is 0 Å². The molecule has 2 heteroatoms. The lowest BCUT2D eigenvalue weighted by Crippen LogP contribution is -2.09. The number of nitrogens with zero attached hydrogens (tertiary/aromatic N) is 1. The van der Waals surface area contributed by atoms with E-state index in [9.17, 15) is 4.79 Å². The summed E-state index contributed by atoms with van der Waals surface area (Å²) in [7, 11) is 3.98. The molecule has 2 rings (SSSR count). The van der Waals surface area contributed by atoms with Gasteiger partial charge in [-0.15, -0.1) is 0 Å². The standard InChI is InChI=1S/C17H17NO/c1-18(2)16-11-7-6-8-14(16)12-13-17(19)15-9-4-3-5-10-15/h3-13H,1-2H3. The minimum absolute atomic E-state index is 0.0224. The van der Waals surface area contributed by atoms with E-state index in [2.05, 4.69) is 0 Å². The summed E-state index contributed by atoms with van der Waals surface area (Å²) in [5.41, 5.74) is 2.84. The Kier molecular flexibility index (Phi) is 4.14. The van der Waals surface area contributed by atoms with Gasteiger partial charge in [0, 0.05) is 25.3 Å². The fourth-order valence-corrected chi connectivity index (χ4v) is 1.90. The minimum atomic E-state index is 0.0224. The Bertz CT molecular complexity index is 585. The molecule has 0 aliphatic rings. The van der Waals surface area contributed by atoms with Crippen molar-refractivity contribution in [1.29, 1.82) is 0 Å². The summed E-state index contributed by atoms with van der Waals surface area (Å²) >= 11 is 0. The smallest absolute Gasteiger partial charge is 0.185 e. The number of anilines is 1. The molecule has 19 heavy (non-hydrogen) atoms. The Balaban J connectivity index is 2.22. The number of hydrogen-bond donors (Lipinski definition) is 0. The van der Waals surface area contributed by atoms with E-state index >= 15 is 0 Å². The van der Waals surface area contributed by atoms with Crippen molar-refractivity contribution in [2.45, 2.75) is 0 Å². The highest BCUT2D eigenvalue weighted by atomic mass is 16.1. The predicted molar refractivity (Wildman–Crippen MR) is 80.6 cm³/mol. The van der Waals surface area contributed by atoms with Crippen LogP contribution in [0.2, 0.25) is 0 Å². The number of para-hydroxylation sites is 1. The Labute approximate surface area is 114 Å². The van der Waals surface area contributed by atoms with Crippen molar-refractivity contribution in [3.8, 4) is 0 Å². The number of carbonyl (C=O) groups excluding carboxylic acids is 1. The molecule has 2 aromatic rings. The van der Waals surface area contributed by atoms with Crippen LogP contribution in [0.3, 0.4) is 0 Å². The van der Waals surface area contributed by atoms with Crippen molar-refractivity contribution in [2.24, 2.45) is 0 Å². The van der Waals surface area contributed by atoms with Gasteiger partial charge in [0.2, 0.25) is 0 Å². The van der Waals surface area contributed by atoms with E-state index in [4.69, 9.17) is 0 Å². The molecule has 0 unspecified atom stereocenters. The van der Waals surface area contributed by atoms with Crippen molar-refractivity contribution >= 4 is 17.5 Å². The summed E-state index contributed by atoms with van der Waals surface area (Å²) in [6.07, 6.45) is 3.49. The molecule has 0 saturated carbocycles. The van der Waals surface area contributed by atoms with Crippen LogP contribution >= 0.6 is 0 Å². The summed E-state index contributed by atoms with van der Waals surface area (Å²) in [5.74, 6) is 0.0224. The van der Waals surface area contributed by atoms with E-state index in [1.807, 2.05) is 79.7 Å². The molecule has 0 aliphatic heterocycles. The Morgan fingerprint density at radius 3 is 2.26 bits per heavy atom. The van der Waals surface area contributed by atoms with E-state index in [-0.39, 0.29) is 5.78 Å². The van der Waals surface area contributed by atoms with E-state index in [1.54, 1.807) is 6.08 Å². The third-order valence-electron chi connectivity index (χ3n) is 2.89. The third-order valence-corrected chi connectivity index (χ3v) is 2.89. The van der Waals surface area contributed by atoms with Crippen LogP contribution in [-0.2, 0) is 0 Å². The molecule has 0 aromatic heterocycles. The molecule has 0 spiro atoms. The lowest BCUT2D eigenvalue weighted by atomic mass is 10.1. The van der Waals surface area contributed by atoms with Crippen LogP contribution in [0.15, 0.2) is 60.7 Å². The lowest BCUT2D eigenvalue weighted by Gasteiger charge is -2.15. The zero-order valence-electron chi connectivity index (χ0n) is 11.2. The molecule has 0 bridgehead atoms. The van der Waals surface area contributed by atoms with E-state index in [0.29, 0.717) is 5.56 Å². The van der Waals surface area contributed by atoms with Gasteiger partial charge in [-0.3, -0.25) is 4.79 Å². The normalized spacial score (nSPS) is 10.6. The Morgan fingerprint density at radius 2 is 1.58 bits per heavy atom. The van der Waals surface area contributed by atoms with Crippen molar-refractivity contribution in [3.63, 3.8) is 0 Å². The zero-order valence-corrected chi connectivity index (χ0v) is 11.2. The number of ketones is 1. The first kappa shape index (κ1) is 13.1. The molecule has 2 aromatic carbocycles. The number of carbonyl (C=O) groups is 1. The molecule has 2 nitrogen and oxygen atoms in total. The molecular formula is C17H17NO.